The highest BCUT2D eigenvalue weighted by molar-refractivity contribution is 5.70. The van der Waals surface area contributed by atoms with E-state index in [9.17, 15) is 9.59 Å². The molecule has 0 fully saturated rings. The number of hydrogen-bond acceptors (Lipinski definition) is 5. The predicted octanol–water partition coefficient (Wildman–Crippen LogP) is 16.1. The average molecular weight is 807 g/mol. The van der Waals surface area contributed by atoms with Crippen LogP contribution < -0.4 is 0 Å². The molecule has 5 heteroatoms. The molecule has 332 valence electrons. The number of unbranched alkanes of at least 4 members (excludes halogenated alkanes) is 18. The Labute approximate surface area is 359 Å². The highest BCUT2D eigenvalue weighted by Gasteiger charge is 2.17. The lowest BCUT2D eigenvalue weighted by Crippen LogP contribution is -2.30. The van der Waals surface area contributed by atoms with Gasteiger partial charge in [0.1, 0.15) is 6.61 Å². The van der Waals surface area contributed by atoms with E-state index in [1.54, 1.807) is 0 Å². The minimum Gasteiger partial charge on any atom is -0.462 e. The van der Waals surface area contributed by atoms with Crippen molar-refractivity contribution in [2.45, 2.75) is 219 Å². The van der Waals surface area contributed by atoms with Crippen molar-refractivity contribution in [3.05, 3.63) is 85.1 Å². The van der Waals surface area contributed by atoms with E-state index in [4.69, 9.17) is 14.2 Å². The van der Waals surface area contributed by atoms with Crippen molar-refractivity contribution in [1.82, 2.24) is 0 Å². The fourth-order valence-electron chi connectivity index (χ4n) is 6.28. The molecule has 0 aromatic rings. The van der Waals surface area contributed by atoms with E-state index in [0.717, 1.165) is 109 Å². The molecule has 1 unspecified atom stereocenters. The van der Waals surface area contributed by atoms with E-state index < -0.39 is 6.10 Å². The van der Waals surface area contributed by atoms with Crippen molar-refractivity contribution >= 4 is 11.9 Å². The van der Waals surface area contributed by atoms with Crippen molar-refractivity contribution in [2.24, 2.45) is 0 Å². The summed E-state index contributed by atoms with van der Waals surface area (Å²) in [5, 5.41) is 0. The largest absolute Gasteiger partial charge is 0.462 e. The summed E-state index contributed by atoms with van der Waals surface area (Å²) < 4.78 is 17.3. The maximum atomic E-state index is 12.7. The first-order chi connectivity index (χ1) is 28.6. The molecule has 0 spiro atoms. The average Bonchev–Trinajstić information content (AvgIpc) is 3.22. The first-order valence-corrected chi connectivity index (χ1v) is 24.1. The number of carbonyl (C=O) groups is 2. The van der Waals surface area contributed by atoms with Gasteiger partial charge in [-0.1, -0.05) is 183 Å². The zero-order valence-electron chi connectivity index (χ0n) is 38.0. The fourth-order valence-corrected chi connectivity index (χ4v) is 6.28. The molecular formula is C53H90O5. The van der Waals surface area contributed by atoms with Gasteiger partial charge >= 0.3 is 11.9 Å². The number of rotatable bonds is 43. The zero-order chi connectivity index (χ0) is 42.1. The molecule has 0 saturated heterocycles. The van der Waals surface area contributed by atoms with Crippen LogP contribution in [0.3, 0.4) is 0 Å². The number of carbonyl (C=O) groups excluding carboxylic acids is 2. The third-order valence-corrected chi connectivity index (χ3v) is 9.87. The van der Waals surface area contributed by atoms with Crippen molar-refractivity contribution < 1.29 is 23.8 Å². The summed E-state index contributed by atoms with van der Waals surface area (Å²) in [7, 11) is 0. The van der Waals surface area contributed by atoms with Crippen LogP contribution in [0, 0.1) is 0 Å². The molecule has 0 aliphatic carbocycles. The zero-order valence-corrected chi connectivity index (χ0v) is 38.0. The Hall–Kier alpha value is -2.92. The second kappa shape index (κ2) is 48.4. The quantitative estimate of drug-likeness (QED) is 0.0349. The molecule has 0 aromatic carbocycles. The lowest BCUT2D eigenvalue weighted by atomic mass is 10.1. The van der Waals surface area contributed by atoms with Gasteiger partial charge in [-0.3, -0.25) is 9.59 Å². The normalized spacial score (nSPS) is 12.9. The van der Waals surface area contributed by atoms with Gasteiger partial charge in [-0.05, 0) is 103 Å². The molecule has 0 N–H and O–H groups in total. The first kappa shape index (κ1) is 55.1. The van der Waals surface area contributed by atoms with E-state index in [2.05, 4.69) is 106 Å². The summed E-state index contributed by atoms with van der Waals surface area (Å²) in [6, 6.07) is 0. The van der Waals surface area contributed by atoms with E-state index in [0.29, 0.717) is 19.4 Å². The van der Waals surface area contributed by atoms with Crippen LogP contribution in [0.15, 0.2) is 85.1 Å². The van der Waals surface area contributed by atoms with Crippen LogP contribution in [0.5, 0.6) is 0 Å². The standard InChI is InChI=1S/C53H90O5/c1-4-7-10-13-16-19-22-24-25-26-27-28-30-33-36-39-42-45-48-56-49-51(58-53(55)47-44-41-38-35-31-21-18-15-12-9-6-3)50-57-52(54)46-43-40-37-34-32-29-23-20-17-14-11-8-5-2/h7,10-11,14-16,18-20,23-25,27-28,51H,4-6,8-9,12-13,17,21-22,26,29-50H2,1-3H3/b10-7-,14-11-,18-15-,19-16-,23-20-,25-24-,28-27-. The molecule has 0 radical (unpaired) electrons. The molecule has 0 saturated carbocycles. The number of hydrogen-bond donors (Lipinski definition) is 0. The third kappa shape index (κ3) is 45.8. The topological polar surface area (TPSA) is 61.8 Å². The smallest absolute Gasteiger partial charge is 0.306 e. The molecule has 0 aromatic heterocycles. The molecular weight excluding hydrogens is 717 g/mol. The Balaban J connectivity index is 4.32. The highest BCUT2D eigenvalue weighted by Crippen LogP contribution is 2.12. The maximum Gasteiger partial charge on any atom is 0.306 e. The lowest BCUT2D eigenvalue weighted by Gasteiger charge is -2.18. The van der Waals surface area contributed by atoms with Crippen LogP contribution in [0.1, 0.15) is 213 Å². The van der Waals surface area contributed by atoms with Crippen molar-refractivity contribution in [1.29, 1.82) is 0 Å². The van der Waals surface area contributed by atoms with Gasteiger partial charge in [-0.25, -0.2) is 0 Å². The molecule has 0 aliphatic heterocycles. The van der Waals surface area contributed by atoms with E-state index in [1.165, 1.54) is 70.6 Å². The molecule has 0 bridgehead atoms. The molecule has 0 amide bonds. The molecule has 5 nitrogen and oxygen atoms in total. The summed E-state index contributed by atoms with van der Waals surface area (Å²) >= 11 is 0. The first-order valence-electron chi connectivity index (χ1n) is 24.1. The van der Waals surface area contributed by atoms with Crippen LogP contribution in [0.4, 0.5) is 0 Å². The monoisotopic (exact) mass is 807 g/mol. The molecule has 58 heavy (non-hydrogen) atoms. The predicted molar refractivity (Wildman–Crippen MR) is 251 cm³/mol. The number of allylic oxidation sites excluding steroid dienone is 14. The minimum absolute atomic E-state index is 0.0631. The SMILES string of the molecule is CC/C=C\C/C=C\C/C=C\C/C=C\CCCCCCCOCC(COC(=O)CCCCCCC/C=C\C/C=C\CCC)OC(=O)CCCCCCC/C=C\CCCC. The Bertz CT molecular complexity index is 1090. The van der Waals surface area contributed by atoms with Crippen molar-refractivity contribution in [3.8, 4) is 0 Å². The van der Waals surface area contributed by atoms with Gasteiger partial charge in [-0.15, -0.1) is 0 Å². The van der Waals surface area contributed by atoms with E-state index >= 15 is 0 Å². The van der Waals surface area contributed by atoms with Gasteiger partial charge in [-0.2, -0.15) is 0 Å². The van der Waals surface area contributed by atoms with Gasteiger partial charge in [0.2, 0.25) is 0 Å². The van der Waals surface area contributed by atoms with Gasteiger partial charge in [0.25, 0.3) is 0 Å². The summed E-state index contributed by atoms with van der Waals surface area (Å²) in [5.74, 6) is -0.440. The second-order valence-electron chi connectivity index (χ2n) is 15.6. The highest BCUT2D eigenvalue weighted by atomic mass is 16.6. The van der Waals surface area contributed by atoms with E-state index in [-0.39, 0.29) is 25.2 Å². The Morgan fingerprint density at radius 3 is 1.33 bits per heavy atom. The van der Waals surface area contributed by atoms with Gasteiger partial charge in [0.05, 0.1) is 6.61 Å². The second-order valence-corrected chi connectivity index (χ2v) is 15.6. The Morgan fingerprint density at radius 1 is 0.397 bits per heavy atom. The number of esters is 2. The van der Waals surface area contributed by atoms with Crippen molar-refractivity contribution in [2.75, 3.05) is 19.8 Å². The Kier molecular flexibility index (Phi) is 46.0. The minimum atomic E-state index is -0.558. The van der Waals surface area contributed by atoms with Crippen LogP contribution >= 0.6 is 0 Å². The molecule has 0 rings (SSSR count). The van der Waals surface area contributed by atoms with E-state index in [1.807, 2.05) is 0 Å². The van der Waals surface area contributed by atoms with Crippen LogP contribution in [-0.2, 0) is 23.8 Å². The molecule has 1 atom stereocenters. The van der Waals surface area contributed by atoms with Crippen LogP contribution in [-0.4, -0.2) is 37.9 Å². The van der Waals surface area contributed by atoms with Crippen molar-refractivity contribution in [3.63, 3.8) is 0 Å². The third-order valence-electron chi connectivity index (χ3n) is 9.87. The maximum absolute atomic E-state index is 12.7. The summed E-state index contributed by atoms with van der Waals surface area (Å²) in [5.41, 5.74) is 0. The van der Waals surface area contributed by atoms with Crippen LogP contribution in [0.2, 0.25) is 0 Å². The number of ether oxygens (including phenoxy) is 3. The van der Waals surface area contributed by atoms with Gasteiger partial charge in [0, 0.05) is 19.4 Å². The van der Waals surface area contributed by atoms with Gasteiger partial charge < -0.3 is 14.2 Å². The lowest BCUT2D eigenvalue weighted by molar-refractivity contribution is -0.163. The summed E-state index contributed by atoms with van der Waals surface area (Å²) in [6.45, 7) is 7.54. The fraction of sp³-hybridized carbons (Fsp3) is 0.698. The Morgan fingerprint density at radius 2 is 0.810 bits per heavy atom. The van der Waals surface area contributed by atoms with Gasteiger partial charge in [0.15, 0.2) is 6.10 Å². The molecule has 0 aliphatic rings. The molecule has 0 heterocycles. The summed E-state index contributed by atoms with van der Waals surface area (Å²) in [4.78, 5) is 25.3. The van der Waals surface area contributed by atoms with Crippen LogP contribution in [0.25, 0.3) is 0 Å². The summed E-state index contributed by atoms with van der Waals surface area (Å²) in [6.07, 6.45) is 63.0.